The van der Waals surface area contributed by atoms with Gasteiger partial charge in [-0.05, 0) is 0 Å². The summed E-state index contributed by atoms with van der Waals surface area (Å²) in [5.74, 6) is -9.18. The third-order valence-corrected chi connectivity index (χ3v) is 4.04. The standard InChI is InChI=1S/C16H23ClO13S/c1-8(18)26-7-12(17)13(27-9(2)19)14(28-10(3)20)16(15(22)25-5,29-11(4)21)30-31(6,23)24/h12-14H,7H2,1-6H3/t12-,13-,14+,16+/m1/s1. The first kappa shape index (κ1) is 28.5. The van der Waals surface area contributed by atoms with Gasteiger partial charge in [0.1, 0.15) is 12.0 Å². The highest BCUT2D eigenvalue weighted by Gasteiger charge is 2.62. The third kappa shape index (κ3) is 9.48. The molecule has 0 unspecified atom stereocenters. The fourth-order valence-electron chi connectivity index (χ4n) is 2.24. The fraction of sp³-hybridized carbons (Fsp3) is 0.688. The molecule has 0 bridgehead atoms. The van der Waals surface area contributed by atoms with E-state index >= 15 is 0 Å². The van der Waals surface area contributed by atoms with E-state index in [0.717, 1.165) is 34.8 Å². The average molecular weight is 491 g/mol. The minimum Gasteiger partial charge on any atom is -0.464 e. The van der Waals surface area contributed by atoms with Crippen LogP contribution >= 0.6 is 11.6 Å². The molecule has 0 aliphatic carbocycles. The number of alkyl halides is 1. The van der Waals surface area contributed by atoms with Crippen molar-refractivity contribution in [3.05, 3.63) is 0 Å². The second-order valence-electron chi connectivity index (χ2n) is 5.96. The lowest BCUT2D eigenvalue weighted by Gasteiger charge is -2.39. The SMILES string of the molecule is COC(=O)[C@@](OC(C)=O)(OS(C)(=O)=O)[C@@H](OC(C)=O)[C@H](OC(C)=O)[C@H](Cl)COC(C)=O. The van der Waals surface area contributed by atoms with E-state index < -0.39 is 69.9 Å². The van der Waals surface area contributed by atoms with Crippen molar-refractivity contribution in [2.24, 2.45) is 0 Å². The highest BCUT2D eigenvalue weighted by molar-refractivity contribution is 7.86. The Bertz CT molecular complexity index is 808. The smallest absolute Gasteiger partial charge is 0.385 e. The molecular weight excluding hydrogens is 468 g/mol. The van der Waals surface area contributed by atoms with E-state index in [0.29, 0.717) is 6.26 Å². The van der Waals surface area contributed by atoms with E-state index in [2.05, 4.69) is 4.74 Å². The summed E-state index contributed by atoms with van der Waals surface area (Å²) in [6, 6.07) is 0. The molecule has 0 aromatic rings. The highest BCUT2D eigenvalue weighted by Crippen LogP contribution is 2.32. The van der Waals surface area contributed by atoms with Crippen LogP contribution in [0.25, 0.3) is 0 Å². The average Bonchev–Trinajstić information content (AvgIpc) is 2.58. The van der Waals surface area contributed by atoms with Gasteiger partial charge in [0.25, 0.3) is 10.1 Å². The normalized spacial score (nSPS) is 16.0. The summed E-state index contributed by atoms with van der Waals surface area (Å²) in [7, 11) is -3.83. The largest absolute Gasteiger partial charge is 0.464 e. The van der Waals surface area contributed by atoms with Crippen LogP contribution in [0, 0.1) is 0 Å². The van der Waals surface area contributed by atoms with Gasteiger partial charge < -0.3 is 23.7 Å². The molecule has 0 aliphatic rings. The first-order chi connectivity index (χ1) is 14.1. The number of esters is 5. The number of carbonyl (C=O) groups is 5. The van der Waals surface area contributed by atoms with Crippen LogP contribution in [0.2, 0.25) is 0 Å². The molecule has 4 atom stereocenters. The van der Waals surface area contributed by atoms with Gasteiger partial charge in [-0.25, -0.2) is 8.98 Å². The molecule has 0 spiro atoms. The highest BCUT2D eigenvalue weighted by atomic mass is 35.5. The maximum absolute atomic E-state index is 12.6. The molecule has 31 heavy (non-hydrogen) atoms. The van der Waals surface area contributed by atoms with Crippen molar-refractivity contribution in [1.29, 1.82) is 0 Å². The molecular formula is C16H23ClO13S. The van der Waals surface area contributed by atoms with Crippen LogP contribution in [0.15, 0.2) is 0 Å². The van der Waals surface area contributed by atoms with E-state index in [1.807, 2.05) is 0 Å². The number of hydrogen-bond acceptors (Lipinski definition) is 13. The molecule has 0 saturated carbocycles. The molecule has 0 radical (unpaired) electrons. The summed E-state index contributed by atoms with van der Waals surface area (Å²) < 4.78 is 52.5. The van der Waals surface area contributed by atoms with Crippen LogP contribution in [-0.4, -0.2) is 81.6 Å². The van der Waals surface area contributed by atoms with Crippen molar-refractivity contribution in [2.75, 3.05) is 20.0 Å². The van der Waals surface area contributed by atoms with Crippen molar-refractivity contribution < 1.29 is 60.3 Å². The van der Waals surface area contributed by atoms with Gasteiger partial charge >= 0.3 is 35.6 Å². The third-order valence-electron chi connectivity index (χ3n) is 3.11. The maximum Gasteiger partial charge on any atom is 0.385 e. The van der Waals surface area contributed by atoms with Gasteiger partial charge in [0, 0.05) is 27.7 Å². The summed E-state index contributed by atoms with van der Waals surface area (Å²) in [4.78, 5) is 58.8. The minimum absolute atomic E-state index is 0.497. The minimum atomic E-state index is -4.62. The number of methoxy groups -OCH3 is 1. The Morgan fingerprint density at radius 2 is 1.42 bits per heavy atom. The Kier molecular flexibility index (Phi) is 10.9. The van der Waals surface area contributed by atoms with Gasteiger partial charge in [0.2, 0.25) is 6.10 Å². The zero-order chi connectivity index (χ0) is 24.6. The number of rotatable bonds is 11. The quantitative estimate of drug-likeness (QED) is 0.118. The second kappa shape index (κ2) is 11.8. The lowest BCUT2D eigenvalue weighted by atomic mass is 10.0. The predicted molar refractivity (Wildman–Crippen MR) is 99.8 cm³/mol. The summed E-state index contributed by atoms with van der Waals surface area (Å²) in [5, 5.41) is -1.54. The summed E-state index contributed by atoms with van der Waals surface area (Å²) in [5.41, 5.74) is 0. The maximum atomic E-state index is 12.6. The van der Waals surface area contributed by atoms with Gasteiger partial charge in [-0.2, -0.15) is 8.42 Å². The Morgan fingerprint density at radius 3 is 1.77 bits per heavy atom. The van der Waals surface area contributed by atoms with E-state index in [9.17, 15) is 32.4 Å². The number of hydrogen-bond donors (Lipinski definition) is 0. The van der Waals surface area contributed by atoms with Gasteiger partial charge in [-0.15, -0.1) is 11.6 Å². The zero-order valence-corrected chi connectivity index (χ0v) is 19.1. The van der Waals surface area contributed by atoms with Crippen molar-refractivity contribution >= 4 is 51.6 Å². The van der Waals surface area contributed by atoms with Crippen LogP contribution in [0.1, 0.15) is 27.7 Å². The van der Waals surface area contributed by atoms with Crippen LogP contribution < -0.4 is 0 Å². The van der Waals surface area contributed by atoms with Crippen molar-refractivity contribution in [2.45, 2.75) is 51.1 Å². The predicted octanol–water partition coefficient (Wildman–Crippen LogP) is -0.571. The Labute approximate surface area is 183 Å². The van der Waals surface area contributed by atoms with E-state index in [1.54, 1.807) is 0 Å². The monoisotopic (exact) mass is 490 g/mol. The topological polar surface area (TPSA) is 175 Å². The first-order valence-electron chi connectivity index (χ1n) is 8.36. The lowest BCUT2D eigenvalue weighted by molar-refractivity contribution is -0.259. The van der Waals surface area contributed by atoms with Crippen LogP contribution in [0.5, 0.6) is 0 Å². The van der Waals surface area contributed by atoms with E-state index in [4.69, 9.17) is 34.7 Å². The molecule has 0 aromatic heterocycles. The number of carbonyl (C=O) groups excluding carboxylic acids is 5. The Hall–Kier alpha value is -2.45. The van der Waals surface area contributed by atoms with E-state index in [-0.39, 0.29) is 0 Å². The lowest BCUT2D eigenvalue weighted by Crippen LogP contribution is -2.64. The zero-order valence-electron chi connectivity index (χ0n) is 17.5. The van der Waals surface area contributed by atoms with Gasteiger partial charge in [0.15, 0.2) is 6.10 Å². The molecule has 0 fully saturated rings. The first-order valence-corrected chi connectivity index (χ1v) is 10.6. The molecule has 15 heteroatoms. The van der Waals surface area contributed by atoms with Crippen LogP contribution in [-0.2, 0) is 62.0 Å². The Balaban J connectivity index is 6.88. The van der Waals surface area contributed by atoms with Gasteiger partial charge in [-0.3, -0.25) is 19.2 Å². The molecule has 178 valence electrons. The van der Waals surface area contributed by atoms with Crippen molar-refractivity contribution in [1.82, 2.24) is 0 Å². The molecule has 0 aliphatic heterocycles. The second-order valence-corrected chi connectivity index (χ2v) is 8.10. The van der Waals surface area contributed by atoms with Crippen LogP contribution in [0.4, 0.5) is 0 Å². The molecule has 0 heterocycles. The van der Waals surface area contributed by atoms with Gasteiger partial charge in [0.05, 0.1) is 13.4 Å². The van der Waals surface area contributed by atoms with Crippen molar-refractivity contribution in [3.63, 3.8) is 0 Å². The van der Waals surface area contributed by atoms with Crippen molar-refractivity contribution in [3.8, 4) is 0 Å². The fourth-order valence-corrected chi connectivity index (χ4v) is 3.14. The molecule has 0 rings (SSSR count). The summed E-state index contributed by atoms with van der Waals surface area (Å²) >= 11 is 6.13. The molecule has 13 nitrogen and oxygen atoms in total. The van der Waals surface area contributed by atoms with E-state index in [1.165, 1.54) is 0 Å². The molecule has 0 saturated heterocycles. The molecule has 0 aromatic carbocycles. The number of halogens is 1. The molecule has 0 amide bonds. The Morgan fingerprint density at radius 1 is 0.903 bits per heavy atom. The summed E-state index contributed by atoms with van der Waals surface area (Å²) in [6.45, 7) is 2.94. The van der Waals surface area contributed by atoms with Gasteiger partial charge in [-0.1, -0.05) is 0 Å². The number of ether oxygens (including phenoxy) is 5. The van der Waals surface area contributed by atoms with Crippen LogP contribution in [0.3, 0.4) is 0 Å². The molecule has 0 N–H and O–H groups in total. The summed E-state index contributed by atoms with van der Waals surface area (Å²) in [6.07, 6.45) is -3.74.